The van der Waals surface area contributed by atoms with Crippen molar-refractivity contribution in [3.8, 4) is 0 Å². The molecular weight excluding hydrogens is 1010 g/mol. The smallest absolute Gasteiger partial charge is 0.0288 e. The lowest BCUT2D eigenvalue weighted by Gasteiger charge is -2.49. The zero-order valence-electron chi connectivity index (χ0n) is 63.7. The van der Waals surface area contributed by atoms with Gasteiger partial charge in [0, 0.05) is 0 Å². The van der Waals surface area contributed by atoms with Crippen molar-refractivity contribution in [3.05, 3.63) is 0 Å². The maximum Gasteiger partial charge on any atom is -0.0288 e. The third-order valence-corrected chi connectivity index (χ3v) is 31.2. The lowest BCUT2D eigenvalue weighted by Crippen LogP contribution is -2.38. The third-order valence-electron chi connectivity index (χ3n) is 31.2. The van der Waals surface area contributed by atoms with E-state index in [-0.39, 0.29) is 0 Å². The van der Waals surface area contributed by atoms with Gasteiger partial charge < -0.3 is 0 Å². The van der Waals surface area contributed by atoms with Crippen LogP contribution >= 0.6 is 0 Å². The second kappa shape index (κ2) is 28.5. The third kappa shape index (κ3) is 18.0. The van der Waals surface area contributed by atoms with E-state index in [0.717, 1.165) is 94.2 Å². The fourth-order valence-electron chi connectivity index (χ4n) is 23.8. The van der Waals surface area contributed by atoms with Gasteiger partial charge in [0.05, 0.1) is 0 Å². The van der Waals surface area contributed by atoms with Gasteiger partial charge in [-0.2, -0.15) is 0 Å². The molecule has 8 bridgehead atoms. The van der Waals surface area contributed by atoms with Crippen molar-refractivity contribution in [2.24, 2.45) is 148 Å². The molecule has 0 radical (unpaired) electrons. The van der Waals surface area contributed by atoms with E-state index in [0.29, 0.717) is 54.1 Å². The summed E-state index contributed by atoms with van der Waals surface area (Å²) in [5, 5.41) is 0. The monoisotopic (exact) mass is 1170 g/mol. The van der Waals surface area contributed by atoms with E-state index in [1.807, 2.05) is 0 Å². The van der Waals surface area contributed by atoms with Gasteiger partial charge in [0.1, 0.15) is 0 Å². The molecule has 84 heavy (non-hydrogen) atoms. The second-order valence-corrected chi connectivity index (χ2v) is 40.8. The maximum atomic E-state index is 2.49. The molecule has 0 aliphatic heterocycles. The van der Waals surface area contributed by atoms with Crippen molar-refractivity contribution in [1.82, 2.24) is 0 Å². The Morgan fingerprint density at radius 1 is 0.393 bits per heavy atom. The summed E-state index contributed by atoms with van der Waals surface area (Å²) >= 11 is 0. The van der Waals surface area contributed by atoms with Crippen LogP contribution in [0.5, 0.6) is 0 Å². The molecule has 0 heterocycles. The Kier molecular flexibility index (Phi) is 25.3. The van der Waals surface area contributed by atoms with E-state index in [2.05, 4.69) is 201 Å². The van der Waals surface area contributed by atoms with E-state index < -0.39 is 0 Å². The van der Waals surface area contributed by atoms with Crippen LogP contribution in [0.3, 0.4) is 0 Å². The summed E-state index contributed by atoms with van der Waals surface area (Å²) in [5.74, 6) is 15.6. The van der Waals surface area contributed by atoms with Crippen molar-refractivity contribution >= 4 is 0 Å². The summed E-state index contributed by atoms with van der Waals surface area (Å²) < 4.78 is 0. The van der Waals surface area contributed by atoms with Gasteiger partial charge in [-0.25, -0.2) is 0 Å². The van der Waals surface area contributed by atoms with Crippen molar-refractivity contribution in [3.63, 3.8) is 0 Å². The molecule has 0 heteroatoms. The number of fused-ring (bicyclic) bond motifs is 10. The first-order chi connectivity index (χ1) is 38.4. The Morgan fingerprint density at radius 2 is 0.845 bits per heavy atom. The van der Waals surface area contributed by atoms with E-state index in [9.17, 15) is 0 Å². The molecular formula is C84H160. The molecule has 496 valence electrons. The van der Waals surface area contributed by atoms with Gasteiger partial charge >= 0.3 is 0 Å². The Balaban J connectivity index is 0.000000176. The van der Waals surface area contributed by atoms with Crippen LogP contribution in [0.4, 0.5) is 0 Å². The zero-order chi connectivity index (χ0) is 63.7. The molecule has 0 aromatic rings. The SMILES string of the molecule is CC(C)C1C(C)(C)CCC1(C)C.CCC1(C)CC(C)(C)C(C)(C)C1.CCC1C(C)(C)CCC1(C)C.CCC1CC(C)(C)C(C)(C)C1.CCC1CC2CCC1C2.C[C@@H]1C2CCC(C2)C1(C)C.C[C@H]1CC2CCC1(C)CC2.C[C@H]1CC2CCC1CC2. The van der Waals surface area contributed by atoms with Crippen LogP contribution < -0.4 is 0 Å². The van der Waals surface area contributed by atoms with Crippen LogP contribution in [0.2, 0.25) is 0 Å². The lowest BCUT2D eigenvalue weighted by molar-refractivity contribution is 0.0209. The molecule has 0 N–H and O–H groups in total. The molecule has 14 aliphatic carbocycles. The molecule has 5 unspecified atom stereocenters. The van der Waals surface area contributed by atoms with E-state index in [4.69, 9.17) is 0 Å². The molecule has 0 aromatic heterocycles. The molecule has 14 fully saturated rings. The van der Waals surface area contributed by atoms with Crippen LogP contribution in [-0.2, 0) is 0 Å². The lowest BCUT2D eigenvalue weighted by atomic mass is 9.57. The minimum atomic E-state index is 0.526. The largest absolute Gasteiger partial charge is 0.0651 e. The van der Waals surface area contributed by atoms with Gasteiger partial charge in [-0.05, 0) is 290 Å². The van der Waals surface area contributed by atoms with E-state index >= 15 is 0 Å². The summed E-state index contributed by atoms with van der Waals surface area (Å²) in [7, 11) is 0. The van der Waals surface area contributed by atoms with Gasteiger partial charge in [-0.1, -0.05) is 246 Å². The highest BCUT2D eigenvalue weighted by Gasteiger charge is 2.53. The summed E-state index contributed by atoms with van der Waals surface area (Å²) in [5.41, 5.74) is 6.52. The molecule has 0 spiro atoms. The highest BCUT2D eigenvalue weighted by atomic mass is 14.6. The average Bonchev–Trinajstić information content (AvgIpc) is 4.27. The number of rotatable bonds is 5. The summed E-state index contributed by atoms with van der Waals surface area (Å²) in [6.07, 6.45) is 43.0. The Bertz CT molecular complexity index is 1870. The van der Waals surface area contributed by atoms with Gasteiger partial charge in [0.25, 0.3) is 0 Å². The maximum absolute atomic E-state index is 2.49. The number of hydrogen-bond acceptors (Lipinski definition) is 0. The van der Waals surface area contributed by atoms with Crippen molar-refractivity contribution in [2.75, 3.05) is 0 Å². The fraction of sp³-hybridized carbons (Fsp3) is 1.00. The van der Waals surface area contributed by atoms with Crippen LogP contribution in [-0.4, -0.2) is 0 Å². The molecule has 14 rings (SSSR count). The Morgan fingerprint density at radius 3 is 1.07 bits per heavy atom. The van der Waals surface area contributed by atoms with Crippen LogP contribution in [0.1, 0.15) is 387 Å². The fourth-order valence-corrected chi connectivity index (χ4v) is 23.8. The molecule has 14 aliphatic rings. The highest BCUT2D eigenvalue weighted by molar-refractivity contribution is 5.03. The Hall–Kier alpha value is 0. The number of hydrogen-bond donors (Lipinski definition) is 0. The summed E-state index contributed by atoms with van der Waals surface area (Å²) in [6, 6.07) is 0. The zero-order valence-corrected chi connectivity index (χ0v) is 63.7. The second-order valence-electron chi connectivity index (χ2n) is 40.8. The predicted octanol–water partition coefficient (Wildman–Crippen LogP) is 28.0. The van der Waals surface area contributed by atoms with Crippen LogP contribution in [0.15, 0.2) is 0 Å². The van der Waals surface area contributed by atoms with Gasteiger partial charge in [0.15, 0.2) is 0 Å². The molecule has 0 nitrogen and oxygen atoms in total. The molecule has 14 saturated carbocycles. The van der Waals surface area contributed by atoms with Crippen molar-refractivity contribution in [2.45, 2.75) is 387 Å². The molecule has 0 amide bonds. The summed E-state index contributed by atoms with van der Waals surface area (Å²) in [6.45, 7) is 70.1. The van der Waals surface area contributed by atoms with E-state index in [1.165, 1.54) is 128 Å². The molecule has 0 saturated heterocycles. The van der Waals surface area contributed by atoms with Gasteiger partial charge in [0.2, 0.25) is 0 Å². The van der Waals surface area contributed by atoms with Crippen molar-refractivity contribution in [1.29, 1.82) is 0 Å². The summed E-state index contributed by atoms with van der Waals surface area (Å²) in [4.78, 5) is 0. The van der Waals surface area contributed by atoms with Crippen LogP contribution in [0, 0.1) is 148 Å². The predicted molar refractivity (Wildman–Crippen MR) is 378 cm³/mol. The normalized spacial score (nSPS) is 38.9. The highest BCUT2D eigenvalue weighted by Crippen LogP contribution is 2.63. The first-order valence-corrected chi connectivity index (χ1v) is 38.4. The quantitative estimate of drug-likeness (QED) is 0.257. The standard InChI is InChI=1S/2C12H24.2C11H22.2C10H18.2C9H16/c1-9(2)10-11(3,4)7-8-12(10,5)6;1-7-12(6)8-10(2,3)11(4,5)9-12;1-6-9-7-10(2,3)11(4,5)8-9;1-6-9-10(2,3)7-8-11(9,4)5;1-7-8-4-5-9(6-8)10(7,2)3;1-8-7-9-3-5-10(8,2)6-4-9;1-7-6-8-2-4-9(7)5-3-8;1-2-8-5-7-3-4-9(8)6-7/h9-10H,7-8H2,1-6H3;7-9H2,1-6H3;2*9H,6-8H2,1-5H3;7-9H,4-6H2,1-3H3;8-9H,3-7H2,1-2H3;2*7-9H,2-6H2,1H3/t;;;;7-,8?,9?;8-,9?,10?;7-,8?,9?;/m....100./s1. The minimum absolute atomic E-state index is 0.526. The minimum Gasteiger partial charge on any atom is -0.0651 e. The first-order valence-electron chi connectivity index (χ1n) is 38.4. The topological polar surface area (TPSA) is 0 Å². The van der Waals surface area contributed by atoms with Crippen molar-refractivity contribution < 1.29 is 0 Å². The van der Waals surface area contributed by atoms with Crippen LogP contribution in [0.25, 0.3) is 0 Å². The Labute approximate surface area is 532 Å². The first kappa shape index (κ1) is 74.7. The van der Waals surface area contributed by atoms with E-state index in [1.54, 1.807) is 57.8 Å². The molecule has 8 atom stereocenters. The average molecular weight is 1170 g/mol. The van der Waals surface area contributed by atoms with Gasteiger partial charge in [-0.15, -0.1) is 0 Å². The van der Waals surface area contributed by atoms with Gasteiger partial charge in [-0.3, -0.25) is 0 Å². The molecule has 0 aromatic carbocycles.